The molecule has 1 atom stereocenters. The van der Waals surface area contributed by atoms with E-state index in [4.69, 9.17) is 26.0 Å². The van der Waals surface area contributed by atoms with Crippen LogP contribution in [0.1, 0.15) is 40.0 Å². The van der Waals surface area contributed by atoms with Gasteiger partial charge < -0.3 is 10.5 Å². The predicted octanol–water partition coefficient (Wildman–Crippen LogP) is 0.690. The molecule has 0 spiro atoms. The fourth-order valence-electron chi connectivity index (χ4n) is 1.00. The van der Waals surface area contributed by atoms with Crippen LogP contribution >= 0.6 is 0 Å². The van der Waals surface area contributed by atoms with Gasteiger partial charge in [0, 0.05) is 0 Å². The van der Waals surface area contributed by atoms with Crippen molar-refractivity contribution in [3.63, 3.8) is 0 Å². The topological polar surface area (TPSA) is 96.8 Å². The molecule has 0 aliphatic rings. The van der Waals surface area contributed by atoms with Gasteiger partial charge in [0.05, 0.1) is 6.61 Å². The van der Waals surface area contributed by atoms with E-state index in [1.165, 1.54) is 0 Å². The number of ether oxygens (including phenoxy) is 1. The van der Waals surface area contributed by atoms with E-state index in [-0.39, 0.29) is 0 Å². The van der Waals surface area contributed by atoms with E-state index in [1.807, 2.05) is 0 Å². The molecule has 6 nitrogen and oxygen atoms in total. The van der Waals surface area contributed by atoms with Crippen molar-refractivity contribution in [2.24, 2.45) is 11.5 Å². The Balaban J connectivity index is 3.58. The van der Waals surface area contributed by atoms with Crippen LogP contribution < -0.4 is 11.5 Å². The fourth-order valence-corrected chi connectivity index (χ4v) is 1.00. The SMILES string of the molecule is CC(C)(C)OC(=O)C(N)OOCCCCCN. The van der Waals surface area contributed by atoms with Crippen LogP contribution in [0.5, 0.6) is 0 Å². The number of nitrogens with two attached hydrogens (primary N) is 2. The van der Waals surface area contributed by atoms with Crippen LogP contribution in [-0.2, 0) is 19.3 Å². The largest absolute Gasteiger partial charge is 0.457 e. The van der Waals surface area contributed by atoms with E-state index >= 15 is 0 Å². The van der Waals surface area contributed by atoms with Gasteiger partial charge in [-0.15, -0.1) is 0 Å². The highest BCUT2D eigenvalue weighted by molar-refractivity contribution is 5.74. The number of carbonyl (C=O) groups excluding carboxylic acids is 1. The van der Waals surface area contributed by atoms with Crippen LogP contribution in [0, 0.1) is 0 Å². The van der Waals surface area contributed by atoms with Crippen molar-refractivity contribution in [3.05, 3.63) is 0 Å². The summed E-state index contributed by atoms with van der Waals surface area (Å²) in [5.41, 5.74) is 10.2. The summed E-state index contributed by atoms with van der Waals surface area (Å²) in [6.45, 7) is 6.32. The van der Waals surface area contributed by atoms with E-state index in [2.05, 4.69) is 0 Å². The van der Waals surface area contributed by atoms with Gasteiger partial charge in [-0.05, 0) is 46.6 Å². The van der Waals surface area contributed by atoms with E-state index in [1.54, 1.807) is 20.8 Å². The van der Waals surface area contributed by atoms with Crippen molar-refractivity contribution in [2.45, 2.75) is 51.9 Å². The molecule has 102 valence electrons. The lowest BCUT2D eigenvalue weighted by Crippen LogP contribution is -2.39. The summed E-state index contributed by atoms with van der Waals surface area (Å²) < 4.78 is 5.01. The van der Waals surface area contributed by atoms with Crippen molar-refractivity contribution in [3.8, 4) is 0 Å². The summed E-state index contributed by atoms with van der Waals surface area (Å²) in [5, 5.41) is 0. The molecule has 0 rings (SSSR count). The monoisotopic (exact) mass is 248 g/mol. The molecule has 1 unspecified atom stereocenters. The maximum atomic E-state index is 11.4. The minimum absolute atomic E-state index is 0.385. The predicted molar refractivity (Wildman–Crippen MR) is 63.8 cm³/mol. The van der Waals surface area contributed by atoms with Gasteiger partial charge in [-0.1, -0.05) is 0 Å². The third kappa shape index (κ3) is 10.2. The lowest BCUT2D eigenvalue weighted by molar-refractivity contribution is -0.321. The highest BCUT2D eigenvalue weighted by Gasteiger charge is 2.23. The molecule has 0 fully saturated rings. The molecule has 17 heavy (non-hydrogen) atoms. The number of hydrogen-bond acceptors (Lipinski definition) is 6. The lowest BCUT2D eigenvalue weighted by Gasteiger charge is -2.21. The minimum Gasteiger partial charge on any atom is -0.457 e. The number of carbonyl (C=O) groups is 1. The van der Waals surface area contributed by atoms with Crippen molar-refractivity contribution in [1.82, 2.24) is 0 Å². The summed E-state index contributed by atoms with van der Waals surface area (Å²) in [7, 11) is 0. The van der Waals surface area contributed by atoms with Crippen LogP contribution in [0.4, 0.5) is 0 Å². The second kappa shape index (κ2) is 8.41. The lowest BCUT2D eigenvalue weighted by atomic mass is 10.2. The quantitative estimate of drug-likeness (QED) is 0.216. The molecule has 0 aliphatic carbocycles. The first-order chi connectivity index (χ1) is 7.87. The first kappa shape index (κ1) is 16.3. The Morgan fingerprint density at radius 1 is 1.24 bits per heavy atom. The molecule has 0 aromatic heterocycles. The molecule has 0 aliphatic heterocycles. The van der Waals surface area contributed by atoms with E-state index < -0.39 is 17.8 Å². The highest BCUT2D eigenvalue weighted by Crippen LogP contribution is 2.08. The van der Waals surface area contributed by atoms with Gasteiger partial charge in [0.15, 0.2) is 0 Å². The first-order valence-corrected chi connectivity index (χ1v) is 5.83. The molecule has 4 N–H and O–H groups in total. The van der Waals surface area contributed by atoms with Crippen LogP contribution in [0.3, 0.4) is 0 Å². The standard InChI is InChI=1S/C11H24N2O4/c1-11(2,3)16-10(14)9(13)17-15-8-6-4-5-7-12/h9H,4-8,12-13H2,1-3H3. The Kier molecular flexibility index (Phi) is 8.07. The van der Waals surface area contributed by atoms with Gasteiger partial charge in [0.2, 0.25) is 6.23 Å². The Bertz CT molecular complexity index is 216. The number of esters is 1. The maximum Gasteiger partial charge on any atom is 0.354 e. The fraction of sp³-hybridized carbons (Fsp3) is 0.909. The van der Waals surface area contributed by atoms with Crippen LogP contribution in [0.15, 0.2) is 0 Å². The number of unbranched alkanes of at least 4 members (excludes halogenated alkanes) is 2. The van der Waals surface area contributed by atoms with Gasteiger partial charge in [0.1, 0.15) is 5.60 Å². The van der Waals surface area contributed by atoms with Crippen LogP contribution in [-0.4, -0.2) is 30.9 Å². The average Bonchev–Trinajstić information content (AvgIpc) is 2.20. The molecule has 0 amide bonds. The van der Waals surface area contributed by atoms with Crippen LogP contribution in [0.2, 0.25) is 0 Å². The van der Waals surface area contributed by atoms with E-state index in [0.29, 0.717) is 13.2 Å². The van der Waals surface area contributed by atoms with Gasteiger partial charge in [-0.2, -0.15) is 0 Å². The number of hydrogen-bond donors (Lipinski definition) is 2. The van der Waals surface area contributed by atoms with E-state index in [0.717, 1.165) is 19.3 Å². The molecule has 0 bridgehead atoms. The summed E-state index contributed by atoms with van der Waals surface area (Å²) in [5.74, 6) is -0.639. The maximum absolute atomic E-state index is 11.4. The Labute approximate surface area is 102 Å². The van der Waals surface area contributed by atoms with Crippen molar-refractivity contribution in [1.29, 1.82) is 0 Å². The summed E-state index contributed by atoms with van der Waals surface area (Å²) in [4.78, 5) is 20.9. The second-order valence-corrected chi connectivity index (χ2v) is 4.72. The molecule has 0 aromatic rings. The third-order valence-corrected chi connectivity index (χ3v) is 1.74. The van der Waals surface area contributed by atoms with Gasteiger partial charge in [0.25, 0.3) is 0 Å². The first-order valence-electron chi connectivity index (χ1n) is 5.83. The zero-order valence-corrected chi connectivity index (χ0v) is 10.9. The molecular formula is C11H24N2O4. The van der Waals surface area contributed by atoms with Crippen molar-refractivity contribution in [2.75, 3.05) is 13.2 Å². The number of rotatable bonds is 8. The van der Waals surface area contributed by atoms with Gasteiger partial charge >= 0.3 is 5.97 Å². The Hall–Kier alpha value is -0.690. The zero-order chi connectivity index (χ0) is 13.3. The molecule has 6 heteroatoms. The van der Waals surface area contributed by atoms with Crippen molar-refractivity contribution >= 4 is 5.97 Å². The molecule has 0 saturated carbocycles. The molecule has 0 radical (unpaired) electrons. The summed E-state index contributed by atoms with van der Waals surface area (Å²) in [6.07, 6.45) is 1.52. The Morgan fingerprint density at radius 2 is 1.88 bits per heavy atom. The third-order valence-electron chi connectivity index (χ3n) is 1.74. The van der Waals surface area contributed by atoms with Crippen molar-refractivity contribution < 1.29 is 19.3 Å². The van der Waals surface area contributed by atoms with Crippen LogP contribution in [0.25, 0.3) is 0 Å². The smallest absolute Gasteiger partial charge is 0.354 e. The zero-order valence-electron chi connectivity index (χ0n) is 10.9. The molecule has 0 heterocycles. The summed E-state index contributed by atoms with van der Waals surface area (Å²) in [6, 6.07) is 0. The van der Waals surface area contributed by atoms with E-state index in [9.17, 15) is 4.79 Å². The molecular weight excluding hydrogens is 224 g/mol. The second-order valence-electron chi connectivity index (χ2n) is 4.72. The minimum atomic E-state index is -1.20. The van der Waals surface area contributed by atoms with Gasteiger partial charge in [-0.25, -0.2) is 14.6 Å². The normalized spacial score (nSPS) is 13.5. The molecule has 0 aromatic carbocycles. The average molecular weight is 248 g/mol. The molecule has 0 saturated heterocycles. The summed E-state index contributed by atoms with van der Waals surface area (Å²) >= 11 is 0. The van der Waals surface area contributed by atoms with Gasteiger partial charge in [-0.3, -0.25) is 5.73 Å². The highest BCUT2D eigenvalue weighted by atomic mass is 17.2. The Morgan fingerprint density at radius 3 is 2.41 bits per heavy atom.